The van der Waals surface area contributed by atoms with Crippen molar-refractivity contribution in [3.8, 4) is 10.4 Å². The second-order valence-electron chi connectivity index (χ2n) is 4.22. The molecule has 0 saturated heterocycles. The van der Waals surface area contributed by atoms with E-state index in [1.165, 1.54) is 12.1 Å². The Bertz CT molecular complexity index is 797. The van der Waals surface area contributed by atoms with Gasteiger partial charge < -0.3 is 5.73 Å². The minimum atomic E-state index is -3.61. The molecule has 5 nitrogen and oxygen atoms in total. The number of amides is 1. The van der Waals surface area contributed by atoms with Gasteiger partial charge in [-0.1, -0.05) is 6.07 Å². The Balaban J connectivity index is 2.55. The summed E-state index contributed by atoms with van der Waals surface area (Å²) < 4.78 is 36.5. The predicted molar refractivity (Wildman–Crippen MR) is 73.9 cm³/mol. The highest BCUT2D eigenvalue weighted by molar-refractivity contribution is 7.90. The van der Waals surface area contributed by atoms with Gasteiger partial charge in [0.2, 0.25) is 0 Å². The van der Waals surface area contributed by atoms with Crippen molar-refractivity contribution in [1.29, 1.82) is 0 Å². The van der Waals surface area contributed by atoms with E-state index in [1.807, 2.05) is 0 Å². The van der Waals surface area contributed by atoms with Crippen LogP contribution in [0.5, 0.6) is 0 Å². The number of hydrogen-bond donors (Lipinski definition) is 1. The highest BCUT2D eigenvalue weighted by Crippen LogP contribution is 2.31. The van der Waals surface area contributed by atoms with Crippen LogP contribution < -0.4 is 5.73 Å². The molecule has 1 heterocycles. The van der Waals surface area contributed by atoms with Gasteiger partial charge in [-0.25, -0.2) is 17.8 Å². The lowest BCUT2D eigenvalue weighted by molar-refractivity contribution is 0.1000. The highest BCUT2D eigenvalue weighted by atomic mass is 32.2. The van der Waals surface area contributed by atoms with E-state index in [1.54, 1.807) is 6.92 Å². The van der Waals surface area contributed by atoms with Gasteiger partial charge in [0.1, 0.15) is 10.7 Å². The van der Waals surface area contributed by atoms with Gasteiger partial charge >= 0.3 is 0 Å². The number of carbonyl (C=O) groups is 1. The van der Waals surface area contributed by atoms with Crippen LogP contribution in [0.1, 0.15) is 15.5 Å². The van der Waals surface area contributed by atoms with Crippen LogP contribution in [0, 0.1) is 12.7 Å². The molecule has 1 aromatic heterocycles. The Morgan fingerprint density at radius 3 is 2.50 bits per heavy atom. The van der Waals surface area contributed by atoms with Gasteiger partial charge in [-0.3, -0.25) is 4.79 Å². The summed E-state index contributed by atoms with van der Waals surface area (Å²) >= 11 is 1.04. The smallest absolute Gasteiger partial charge is 0.277 e. The maximum atomic E-state index is 13.8. The summed E-state index contributed by atoms with van der Waals surface area (Å²) in [6.07, 6.45) is 0.939. The molecule has 0 aliphatic rings. The van der Waals surface area contributed by atoms with Gasteiger partial charge in [-0.05, 0) is 24.6 Å². The second kappa shape index (κ2) is 4.95. The minimum Gasteiger partial charge on any atom is -0.364 e. The topological polar surface area (TPSA) is 90.1 Å². The van der Waals surface area contributed by atoms with Crippen molar-refractivity contribution in [3.63, 3.8) is 0 Å². The van der Waals surface area contributed by atoms with E-state index in [2.05, 4.69) is 4.98 Å². The summed E-state index contributed by atoms with van der Waals surface area (Å²) in [7, 11) is -3.61. The molecule has 0 aliphatic carbocycles. The highest BCUT2D eigenvalue weighted by Gasteiger charge is 2.17. The number of halogens is 1. The van der Waals surface area contributed by atoms with Crippen molar-refractivity contribution in [2.45, 2.75) is 11.8 Å². The Kier molecular flexibility index (Phi) is 3.61. The zero-order valence-electron chi connectivity index (χ0n) is 10.7. The Labute approximate surface area is 119 Å². The molecule has 2 N–H and O–H groups in total. The average molecular weight is 314 g/mol. The van der Waals surface area contributed by atoms with Gasteiger partial charge in [-0.15, -0.1) is 11.3 Å². The molecule has 8 heteroatoms. The predicted octanol–water partition coefficient (Wildman–Crippen LogP) is 1.76. The number of sulfone groups is 1. The molecule has 20 heavy (non-hydrogen) atoms. The molecule has 0 atom stereocenters. The van der Waals surface area contributed by atoms with Crippen LogP contribution >= 0.6 is 11.3 Å². The average Bonchev–Trinajstić information content (AvgIpc) is 2.69. The first kappa shape index (κ1) is 14.6. The molecule has 106 valence electrons. The van der Waals surface area contributed by atoms with Gasteiger partial charge in [0.05, 0.1) is 10.6 Å². The number of aryl methyl sites for hydroxylation is 1. The normalized spacial score (nSPS) is 11.6. The van der Waals surface area contributed by atoms with E-state index in [9.17, 15) is 17.6 Å². The third-order valence-electron chi connectivity index (χ3n) is 2.60. The fourth-order valence-corrected chi connectivity index (χ4v) is 3.36. The van der Waals surface area contributed by atoms with Crippen molar-refractivity contribution < 1.29 is 17.6 Å². The lowest BCUT2D eigenvalue weighted by atomic mass is 10.1. The van der Waals surface area contributed by atoms with Gasteiger partial charge in [0, 0.05) is 6.26 Å². The van der Waals surface area contributed by atoms with Crippen LogP contribution in [-0.2, 0) is 9.84 Å². The number of nitrogens with zero attached hydrogens (tertiary/aromatic N) is 1. The number of nitrogens with two attached hydrogens (primary N) is 1. The Hall–Kier alpha value is -1.80. The first-order valence-corrected chi connectivity index (χ1v) is 8.18. The van der Waals surface area contributed by atoms with E-state index < -0.39 is 21.6 Å². The van der Waals surface area contributed by atoms with Crippen molar-refractivity contribution in [2.75, 3.05) is 6.26 Å². The quantitative estimate of drug-likeness (QED) is 0.934. The monoisotopic (exact) mass is 314 g/mol. The van der Waals surface area contributed by atoms with Gasteiger partial charge in [-0.2, -0.15) is 0 Å². The van der Waals surface area contributed by atoms with Crippen molar-refractivity contribution in [2.24, 2.45) is 5.73 Å². The summed E-state index contributed by atoms with van der Waals surface area (Å²) in [5.41, 5.74) is 6.13. The second-order valence-corrected chi connectivity index (χ2v) is 7.20. The van der Waals surface area contributed by atoms with E-state index in [0.29, 0.717) is 16.1 Å². The third kappa shape index (κ3) is 2.70. The number of hydrogen-bond acceptors (Lipinski definition) is 5. The number of thiazole rings is 1. The summed E-state index contributed by atoms with van der Waals surface area (Å²) in [5.74, 6) is -1.49. The number of benzene rings is 1. The number of rotatable bonds is 3. The van der Waals surface area contributed by atoms with Crippen molar-refractivity contribution >= 4 is 27.1 Å². The number of carbonyl (C=O) groups excluding carboxylic acids is 1. The number of primary amides is 1. The fraction of sp³-hybridized carbons (Fsp3) is 0.167. The lowest BCUT2D eigenvalue weighted by Crippen LogP contribution is -2.10. The molecule has 0 aliphatic heterocycles. The van der Waals surface area contributed by atoms with Crippen LogP contribution in [0.25, 0.3) is 10.4 Å². The molecule has 0 unspecified atom stereocenters. The first-order chi connectivity index (χ1) is 9.20. The minimum absolute atomic E-state index is 0.130. The molecule has 2 rings (SSSR count). The SMILES string of the molecule is Cc1nc(C(N)=O)sc1-c1ccc(S(C)(=O)=O)c(F)c1. The fourth-order valence-electron chi connectivity index (χ4n) is 1.71. The lowest BCUT2D eigenvalue weighted by Gasteiger charge is -2.03. The molecule has 1 amide bonds. The molecule has 2 aromatic rings. The van der Waals surface area contributed by atoms with E-state index in [0.717, 1.165) is 23.7 Å². The first-order valence-electron chi connectivity index (χ1n) is 5.47. The van der Waals surface area contributed by atoms with E-state index in [-0.39, 0.29) is 9.90 Å². The summed E-state index contributed by atoms with van der Waals surface area (Å²) in [6.45, 7) is 1.67. The summed E-state index contributed by atoms with van der Waals surface area (Å²) in [4.78, 5) is 15.3. The molecular formula is C12H11FN2O3S2. The maximum Gasteiger partial charge on any atom is 0.277 e. The van der Waals surface area contributed by atoms with Gasteiger partial charge in [0.15, 0.2) is 14.8 Å². The largest absolute Gasteiger partial charge is 0.364 e. The zero-order chi connectivity index (χ0) is 15.1. The van der Waals surface area contributed by atoms with Crippen LogP contribution in [0.3, 0.4) is 0 Å². The summed E-state index contributed by atoms with van der Waals surface area (Å²) in [5, 5.41) is 0.130. The molecule has 0 radical (unpaired) electrons. The van der Waals surface area contributed by atoms with E-state index in [4.69, 9.17) is 5.73 Å². The van der Waals surface area contributed by atoms with E-state index >= 15 is 0 Å². The Morgan fingerprint density at radius 2 is 2.05 bits per heavy atom. The molecular weight excluding hydrogens is 303 g/mol. The van der Waals surface area contributed by atoms with Gasteiger partial charge in [0.25, 0.3) is 5.91 Å². The van der Waals surface area contributed by atoms with Crippen molar-refractivity contribution in [3.05, 3.63) is 34.7 Å². The maximum absolute atomic E-state index is 13.8. The Morgan fingerprint density at radius 1 is 1.40 bits per heavy atom. The van der Waals surface area contributed by atoms with Crippen LogP contribution in [0.15, 0.2) is 23.1 Å². The number of aromatic nitrogens is 1. The molecule has 1 aromatic carbocycles. The molecule has 0 spiro atoms. The van der Waals surface area contributed by atoms with Crippen LogP contribution in [-0.4, -0.2) is 25.6 Å². The standard InChI is InChI=1S/C12H11FN2O3S2/c1-6-10(19-12(15-6)11(14)16)7-3-4-9(8(13)5-7)20(2,17)18/h3-5H,1-2H3,(H2,14,16). The van der Waals surface area contributed by atoms with Crippen molar-refractivity contribution in [1.82, 2.24) is 4.98 Å². The summed E-state index contributed by atoms with van der Waals surface area (Å²) in [6, 6.07) is 3.79. The molecule has 0 fully saturated rings. The molecule has 0 saturated carbocycles. The molecule has 0 bridgehead atoms. The zero-order valence-corrected chi connectivity index (χ0v) is 12.3. The van der Waals surface area contributed by atoms with Crippen LogP contribution in [0.4, 0.5) is 4.39 Å². The third-order valence-corrected chi connectivity index (χ3v) is 4.95. The van der Waals surface area contributed by atoms with Crippen LogP contribution in [0.2, 0.25) is 0 Å².